The zero-order valence-electron chi connectivity index (χ0n) is 11.9. The number of hydrogen-bond donors (Lipinski definition) is 1. The van der Waals surface area contributed by atoms with Gasteiger partial charge in [0.1, 0.15) is 0 Å². The fraction of sp³-hybridized carbons (Fsp3) is 0.312. The molecular weight excluding hydrogens is 270 g/mol. The second-order valence-corrected chi connectivity index (χ2v) is 5.41. The van der Waals surface area contributed by atoms with Gasteiger partial charge in [0.2, 0.25) is 0 Å². The maximum Gasteiger partial charge on any atom is 0.0547 e. The Morgan fingerprint density at radius 1 is 1.20 bits per heavy atom. The summed E-state index contributed by atoms with van der Waals surface area (Å²) < 4.78 is 0. The van der Waals surface area contributed by atoms with Crippen LogP contribution in [0.1, 0.15) is 29.9 Å². The van der Waals surface area contributed by atoms with Crippen molar-refractivity contribution in [3.05, 3.63) is 64.4 Å². The Morgan fingerprint density at radius 2 is 1.90 bits per heavy atom. The molecule has 1 atom stereocenters. The van der Waals surface area contributed by atoms with Crippen molar-refractivity contribution in [2.24, 2.45) is 5.73 Å². The van der Waals surface area contributed by atoms with Crippen molar-refractivity contribution < 1.29 is 0 Å². The highest BCUT2D eigenvalue weighted by atomic mass is 35.5. The lowest BCUT2D eigenvalue weighted by atomic mass is 10.1. The molecule has 1 aromatic carbocycles. The highest BCUT2D eigenvalue weighted by Crippen LogP contribution is 2.22. The number of rotatable bonds is 5. The fourth-order valence-electron chi connectivity index (χ4n) is 2.14. The number of halogens is 1. The fourth-order valence-corrected chi connectivity index (χ4v) is 2.34. The van der Waals surface area contributed by atoms with Gasteiger partial charge in [-0.2, -0.15) is 0 Å². The third-order valence-corrected chi connectivity index (χ3v) is 3.71. The van der Waals surface area contributed by atoms with Crippen molar-refractivity contribution in [1.82, 2.24) is 9.88 Å². The molecule has 1 unspecified atom stereocenters. The average Bonchev–Trinajstić information content (AvgIpc) is 2.46. The minimum Gasteiger partial charge on any atom is -0.325 e. The summed E-state index contributed by atoms with van der Waals surface area (Å²) in [7, 11) is 2.09. The van der Waals surface area contributed by atoms with Gasteiger partial charge in [0.25, 0.3) is 0 Å². The average molecular weight is 290 g/mol. The molecule has 0 bridgehead atoms. The maximum absolute atomic E-state index is 6.05. The molecule has 0 aliphatic heterocycles. The van der Waals surface area contributed by atoms with E-state index in [1.54, 1.807) is 0 Å². The number of aromatic nitrogens is 1. The third kappa shape index (κ3) is 3.79. The van der Waals surface area contributed by atoms with E-state index < -0.39 is 0 Å². The predicted octanol–water partition coefficient (Wildman–Crippen LogP) is 3.39. The van der Waals surface area contributed by atoms with Crippen LogP contribution >= 0.6 is 11.6 Å². The number of nitrogens with two attached hydrogens (primary N) is 1. The van der Waals surface area contributed by atoms with E-state index in [0.717, 1.165) is 23.0 Å². The molecule has 2 aromatic rings. The Bertz CT molecular complexity index is 571. The number of nitrogens with zero attached hydrogens (tertiary/aromatic N) is 2. The van der Waals surface area contributed by atoms with Gasteiger partial charge in [0, 0.05) is 24.2 Å². The molecular formula is C16H20ClN3. The normalized spacial score (nSPS) is 12.7. The van der Waals surface area contributed by atoms with Gasteiger partial charge in [0.05, 0.1) is 11.4 Å². The summed E-state index contributed by atoms with van der Waals surface area (Å²) in [5.41, 5.74) is 8.78. The molecule has 2 rings (SSSR count). The maximum atomic E-state index is 6.05. The number of pyridine rings is 1. The first-order valence-corrected chi connectivity index (χ1v) is 7.08. The Labute approximate surface area is 125 Å². The van der Waals surface area contributed by atoms with Crippen molar-refractivity contribution in [1.29, 1.82) is 0 Å². The Hall–Kier alpha value is -1.42. The first-order valence-electron chi connectivity index (χ1n) is 6.70. The van der Waals surface area contributed by atoms with Gasteiger partial charge >= 0.3 is 0 Å². The summed E-state index contributed by atoms with van der Waals surface area (Å²) in [5, 5.41) is 0.769. The largest absolute Gasteiger partial charge is 0.325 e. The highest BCUT2D eigenvalue weighted by Gasteiger charge is 2.13. The van der Waals surface area contributed by atoms with E-state index in [9.17, 15) is 0 Å². The number of benzene rings is 1. The molecule has 20 heavy (non-hydrogen) atoms. The van der Waals surface area contributed by atoms with Crippen LogP contribution in [0, 0.1) is 0 Å². The second kappa shape index (κ2) is 6.84. The minimum atomic E-state index is 0.275. The predicted molar refractivity (Wildman–Crippen MR) is 83.5 cm³/mol. The molecule has 4 heteroatoms. The van der Waals surface area contributed by atoms with Gasteiger partial charge in [-0.25, -0.2) is 0 Å². The summed E-state index contributed by atoms with van der Waals surface area (Å²) in [6.45, 7) is 3.42. The quantitative estimate of drug-likeness (QED) is 0.917. The monoisotopic (exact) mass is 289 g/mol. The van der Waals surface area contributed by atoms with Gasteiger partial charge in [0.15, 0.2) is 0 Å². The first-order chi connectivity index (χ1) is 9.60. The van der Waals surface area contributed by atoms with Gasteiger partial charge in [-0.3, -0.25) is 9.88 Å². The van der Waals surface area contributed by atoms with E-state index >= 15 is 0 Å². The van der Waals surface area contributed by atoms with Crippen molar-refractivity contribution in [3.8, 4) is 0 Å². The lowest BCUT2D eigenvalue weighted by molar-refractivity contribution is 0.250. The number of hydrogen-bond acceptors (Lipinski definition) is 3. The van der Waals surface area contributed by atoms with Crippen molar-refractivity contribution in [2.45, 2.75) is 26.1 Å². The standard InChI is InChI=1S/C16H20ClN3/c1-12(13-5-3-6-14(17)9-13)20(2)11-16-8-4-7-15(10-18)19-16/h3-9,12H,10-11,18H2,1-2H3. The van der Waals surface area contributed by atoms with E-state index in [-0.39, 0.29) is 6.04 Å². The van der Waals surface area contributed by atoms with E-state index in [0.29, 0.717) is 6.54 Å². The molecule has 0 aliphatic carbocycles. The molecule has 106 valence electrons. The van der Waals surface area contributed by atoms with Crippen LogP contribution in [0.3, 0.4) is 0 Å². The Kier molecular flexibility index (Phi) is 5.12. The lowest BCUT2D eigenvalue weighted by Crippen LogP contribution is -2.22. The van der Waals surface area contributed by atoms with Crippen LogP contribution in [-0.4, -0.2) is 16.9 Å². The van der Waals surface area contributed by atoms with Gasteiger partial charge < -0.3 is 5.73 Å². The van der Waals surface area contributed by atoms with Crippen LogP contribution in [0.5, 0.6) is 0 Å². The SMILES string of the molecule is CC(c1cccc(Cl)c1)N(C)Cc1cccc(CN)n1. The van der Waals surface area contributed by atoms with Crippen LogP contribution in [-0.2, 0) is 13.1 Å². The van der Waals surface area contributed by atoms with Gasteiger partial charge in [-0.15, -0.1) is 0 Å². The summed E-state index contributed by atoms with van der Waals surface area (Å²) in [4.78, 5) is 6.78. The van der Waals surface area contributed by atoms with Crippen LogP contribution in [0.25, 0.3) is 0 Å². The van der Waals surface area contributed by atoms with Crippen molar-refractivity contribution >= 4 is 11.6 Å². The van der Waals surface area contributed by atoms with Crippen LogP contribution in [0.2, 0.25) is 5.02 Å². The van der Waals surface area contributed by atoms with E-state index in [2.05, 4.69) is 29.9 Å². The van der Waals surface area contributed by atoms with Crippen LogP contribution in [0.4, 0.5) is 0 Å². The second-order valence-electron chi connectivity index (χ2n) is 4.97. The Balaban J connectivity index is 2.09. The smallest absolute Gasteiger partial charge is 0.0547 e. The van der Waals surface area contributed by atoms with Crippen LogP contribution < -0.4 is 5.73 Å². The minimum absolute atomic E-state index is 0.275. The van der Waals surface area contributed by atoms with Gasteiger partial charge in [-0.1, -0.05) is 29.8 Å². The summed E-state index contributed by atoms with van der Waals surface area (Å²) >= 11 is 6.05. The first kappa shape index (κ1) is 15.0. The molecule has 3 nitrogen and oxygen atoms in total. The molecule has 0 saturated heterocycles. The van der Waals surface area contributed by atoms with Crippen molar-refractivity contribution in [3.63, 3.8) is 0 Å². The summed E-state index contributed by atoms with van der Waals surface area (Å²) in [6, 6.07) is 14.2. The summed E-state index contributed by atoms with van der Waals surface area (Å²) in [5.74, 6) is 0. The molecule has 0 amide bonds. The van der Waals surface area contributed by atoms with E-state index in [1.165, 1.54) is 5.56 Å². The molecule has 0 spiro atoms. The molecule has 1 aromatic heterocycles. The molecule has 0 aliphatic rings. The molecule has 0 fully saturated rings. The third-order valence-electron chi connectivity index (χ3n) is 3.48. The van der Waals surface area contributed by atoms with Gasteiger partial charge in [-0.05, 0) is 43.8 Å². The Morgan fingerprint density at radius 3 is 2.60 bits per heavy atom. The molecule has 2 N–H and O–H groups in total. The van der Waals surface area contributed by atoms with E-state index in [1.807, 2.05) is 36.4 Å². The van der Waals surface area contributed by atoms with E-state index in [4.69, 9.17) is 17.3 Å². The zero-order valence-corrected chi connectivity index (χ0v) is 12.6. The molecule has 1 heterocycles. The topological polar surface area (TPSA) is 42.1 Å². The zero-order chi connectivity index (χ0) is 14.5. The van der Waals surface area contributed by atoms with Crippen molar-refractivity contribution in [2.75, 3.05) is 7.05 Å². The molecule has 0 saturated carbocycles. The summed E-state index contributed by atoms with van der Waals surface area (Å²) in [6.07, 6.45) is 0. The molecule has 0 radical (unpaired) electrons. The lowest BCUT2D eigenvalue weighted by Gasteiger charge is -2.25. The highest BCUT2D eigenvalue weighted by molar-refractivity contribution is 6.30. The van der Waals surface area contributed by atoms with Crippen LogP contribution in [0.15, 0.2) is 42.5 Å².